The van der Waals surface area contributed by atoms with Gasteiger partial charge in [-0.1, -0.05) is 20.8 Å². The van der Waals surface area contributed by atoms with Gasteiger partial charge in [0.05, 0.1) is 10.7 Å². The van der Waals surface area contributed by atoms with Crippen LogP contribution in [-0.4, -0.2) is 42.0 Å². The summed E-state index contributed by atoms with van der Waals surface area (Å²) in [4.78, 5) is 34.4. The van der Waals surface area contributed by atoms with E-state index in [-0.39, 0.29) is 23.3 Å². The molecule has 1 amide bonds. The summed E-state index contributed by atoms with van der Waals surface area (Å²) in [5, 5.41) is 12.2. The van der Waals surface area contributed by atoms with E-state index in [1.54, 1.807) is 13.3 Å². The molecule has 0 atom stereocenters. The van der Waals surface area contributed by atoms with Crippen molar-refractivity contribution in [3.05, 3.63) is 22.1 Å². The molecule has 0 spiro atoms. The van der Waals surface area contributed by atoms with Crippen molar-refractivity contribution in [3.63, 3.8) is 0 Å². The van der Waals surface area contributed by atoms with Crippen LogP contribution >= 0.6 is 11.3 Å². The Balaban J connectivity index is 2.07. The zero-order valence-corrected chi connectivity index (χ0v) is 17.7. The van der Waals surface area contributed by atoms with Crippen LogP contribution in [0, 0.1) is 0 Å². The van der Waals surface area contributed by atoms with Crippen LogP contribution in [0.4, 0.5) is 5.00 Å². The Morgan fingerprint density at radius 2 is 2.18 bits per heavy atom. The smallest absolute Gasteiger partial charge is 0.285 e. The molecule has 0 bridgehead atoms. The lowest BCUT2D eigenvalue weighted by molar-refractivity contribution is -0.124. The number of fused-ring (bicyclic) bond motifs is 1. The molecule has 150 valence electrons. The van der Waals surface area contributed by atoms with Crippen LogP contribution in [-0.2, 0) is 10.3 Å². The van der Waals surface area contributed by atoms with E-state index in [1.165, 1.54) is 16.0 Å². The molecule has 2 N–H and O–H groups in total. The van der Waals surface area contributed by atoms with Crippen molar-refractivity contribution in [2.24, 2.45) is 9.98 Å². The van der Waals surface area contributed by atoms with E-state index in [4.69, 9.17) is 0 Å². The average Bonchev–Trinajstić information content (AvgIpc) is 3.36. The fourth-order valence-electron chi connectivity index (χ4n) is 3.08. The molecular weight excluding hydrogens is 376 g/mol. The first kappa shape index (κ1) is 20.2. The molecular formula is C19H26N6O2S. The summed E-state index contributed by atoms with van der Waals surface area (Å²) in [6, 6.07) is 1.95. The molecule has 0 radical (unpaired) electrons. The molecule has 2 heterocycles. The van der Waals surface area contributed by atoms with Crippen molar-refractivity contribution in [1.82, 2.24) is 15.1 Å². The molecule has 0 aromatic carbocycles. The highest BCUT2D eigenvalue weighted by molar-refractivity contribution is 7.22. The zero-order chi connectivity index (χ0) is 20.5. The molecule has 0 unspecified atom stereocenters. The van der Waals surface area contributed by atoms with Gasteiger partial charge in [-0.2, -0.15) is 5.10 Å². The predicted molar refractivity (Wildman–Crippen MR) is 115 cm³/mol. The maximum absolute atomic E-state index is 13.2. The van der Waals surface area contributed by atoms with Crippen LogP contribution < -0.4 is 16.2 Å². The number of rotatable bonds is 5. The van der Waals surface area contributed by atoms with E-state index in [9.17, 15) is 9.59 Å². The van der Waals surface area contributed by atoms with Crippen LogP contribution in [0.3, 0.4) is 0 Å². The normalized spacial score (nSPS) is 16.1. The zero-order valence-electron chi connectivity index (χ0n) is 16.9. The predicted octanol–water partition coefficient (Wildman–Crippen LogP) is 2.70. The van der Waals surface area contributed by atoms with Crippen molar-refractivity contribution in [3.8, 4) is 0 Å². The molecule has 8 nitrogen and oxygen atoms in total. The molecule has 3 rings (SSSR count). The average molecular weight is 403 g/mol. The molecule has 1 fully saturated rings. The van der Waals surface area contributed by atoms with Gasteiger partial charge in [0.1, 0.15) is 10.2 Å². The summed E-state index contributed by atoms with van der Waals surface area (Å²) < 4.78 is 2.00. The summed E-state index contributed by atoms with van der Waals surface area (Å²) >= 11 is 1.39. The van der Waals surface area contributed by atoms with Crippen molar-refractivity contribution < 1.29 is 4.79 Å². The van der Waals surface area contributed by atoms with Gasteiger partial charge in [-0.05, 0) is 31.2 Å². The fraction of sp³-hybridized carbons (Fsp3) is 0.526. The third-order valence-corrected chi connectivity index (χ3v) is 5.92. The fourth-order valence-corrected chi connectivity index (χ4v) is 4.02. The third-order valence-electron chi connectivity index (χ3n) is 4.78. The Morgan fingerprint density at radius 3 is 2.71 bits per heavy atom. The largest absolute Gasteiger partial charge is 0.380 e. The van der Waals surface area contributed by atoms with Crippen molar-refractivity contribution >= 4 is 44.5 Å². The second-order valence-electron chi connectivity index (χ2n) is 7.11. The Labute approximate surface area is 167 Å². The SMILES string of the molecule is CC/C=N\C(=NC)NC(=O)C1(n2nc(C(C)C)c3cc(NC)sc3c2=O)CC1. The molecule has 9 heteroatoms. The first-order valence-electron chi connectivity index (χ1n) is 9.43. The first-order valence-corrected chi connectivity index (χ1v) is 10.2. The number of amides is 1. The highest BCUT2D eigenvalue weighted by Crippen LogP contribution is 2.43. The van der Waals surface area contributed by atoms with Gasteiger partial charge in [0, 0.05) is 25.7 Å². The summed E-state index contributed by atoms with van der Waals surface area (Å²) in [5.74, 6) is 0.0646. The second-order valence-corrected chi connectivity index (χ2v) is 8.17. The third kappa shape index (κ3) is 3.46. The number of aliphatic imine (C=N–C) groups is 2. The highest BCUT2D eigenvalue weighted by atomic mass is 32.1. The Morgan fingerprint density at radius 1 is 1.46 bits per heavy atom. The standard InChI is InChI=1S/C19H26N6O2S/c1-6-9-22-18(21-5)23-17(27)19(7-8-19)25-16(26)15-12(10-13(20-4)28-15)14(24-25)11(2)3/h9-11,20H,6-8H2,1-5H3,(H,21,23,27)/b22-9-. The molecule has 0 saturated heterocycles. The number of carbonyl (C=O) groups is 1. The van der Waals surface area contributed by atoms with E-state index >= 15 is 0 Å². The van der Waals surface area contributed by atoms with Gasteiger partial charge in [-0.3, -0.25) is 19.9 Å². The van der Waals surface area contributed by atoms with Crippen molar-refractivity contribution in [1.29, 1.82) is 0 Å². The van der Waals surface area contributed by atoms with Crippen molar-refractivity contribution in [2.45, 2.75) is 51.5 Å². The van der Waals surface area contributed by atoms with Gasteiger partial charge in [0.15, 0.2) is 0 Å². The van der Waals surface area contributed by atoms with Gasteiger partial charge in [-0.15, -0.1) is 11.3 Å². The van der Waals surface area contributed by atoms with Crippen LogP contribution in [0.5, 0.6) is 0 Å². The van der Waals surface area contributed by atoms with Gasteiger partial charge >= 0.3 is 0 Å². The van der Waals surface area contributed by atoms with E-state index in [1.807, 2.05) is 33.9 Å². The van der Waals surface area contributed by atoms with Gasteiger partial charge in [0.2, 0.25) is 5.96 Å². The van der Waals surface area contributed by atoms with E-state index < -0.39 is 5.54 Å². The number of nitrogens with zero attached hydrogens (tertiary/aromatic N) is 4. The number of guanidine groups is 1. The molecule has 0 aliphatic heterocycles. The molecule has 2 aromatic rings. The molecule has 2 aromatic heterocycles. The number of anilines is 1. The Kier molecular flexibility index (Phi) is 5.64. The lowest BCUT2D eigenvalue weighted by atomic mass is 10.1. The first-order chi connectivity index (χ1) is 13.4. The Hall–Kier alpha value is -2.55. The minimum Gasteiger partial charge on any atom is -0.380 e. The van der Waals surface area contributed by atoms with Crippen LogP contribution in [0.25, 0.3) is 10.1 Å². The van der Waals surface area contributed by atoms with Crippen molar-refractivity contribution in [2.75, 3.05) is 19.4 Å². The number of hydrogen-bond acceptors (Lipinski definition) is 6. The summed E-state index contributed by atoms with van der Waals surface area (Å²) in [5.41, 5.74) is -0.387. The monoisotopic (exact) mass is 402 g/mol. The molecule has 1 aliphatic carbocycles. The molecule has 28 heavy (non-hydrogen) atoms. The maximum atomic E-state index is 13.2. The van der Waals surface area contributed by atoms with Crippen LogP contribution in [0.1, 0.15) is 51.6 Å². The number of thiophene rings is 1. The lowest BCUT2D eigenvalue weighted by Crippen LogP contribution is -2.46. The molecule has 1 saturated carbocycles. The maximum Gasteiger partial charge on any atom is 0.285 e. The highest BCUT2D eigenvalue weighted by Gasteiger charge is 2.54. The summed E-state index contributed by atoms with van der Waals surface area (Å²) in [7, 11) is 3.39. The summed E-state index contributed by atoms with van der Waals surface area (Å²) in [6.07, 6.45) is 3.54. The van der Waals surface area contributed by atoms with E-state index in [0.717, 1.165) is 22.5 Å². The van der Waals surface area contributed by atoms with Gasteiger partial charge in [0.25, 0.3) is 11.5 Å². The minimum atomic E-state index is -0.976. The molecule has 1 aliphatic rings. The number of hydrogen-bond donors (Lipinski definition) is 2. The lowest BCUT2D eigenvalue weighted by Gasteiger charge is -2.19. The number of carbonyl (C=O) groups excluding carboxylic acids is 1. The summed E-state index contributed by atoms with van der Waals surface area (Å²) in [6.45, 7) is 6.02. The van der Waals surface area contributed by atoms with Crippen LogP contribution in [0.15, 0.2) is 20.8 Å². The van der Waals surface area contributed by atoms with Gasteiger partial charge in [-0.25, -0.2) is 9.67 Å². The minimum absolute atomic E-state index is 0.120. The van der Waals surface area contributed by atoms with E-state index in [2.05, 4.69) is 25.7 Å². The Bertz CT molecular complexity index is 1010. The van der Waals surface area contributed by atoms with E-state index in [0.29, 0.717) is 17.5 Å². The quantitative estimate of drug-likeness (QED) is 0.593. The number of nitrogens with one attached hydrogen (secondary N) is 2. The van der Waals surface area contributed by atoms with Gasteiger partial charge < -0.3 is 5.32 Å². The topological polar surface area (TPSA) is 101 Å². The van der Waals surface area contributed by atoms with Crippen LogP contribution in [0.2, 0.25) is 0 Å². The number of aromatic nitrogens is 2. The second kappa shape index (κ2) is 7.83.